The van der Waals surface area contributed by atoms with E-state index in [1.54, 1.807) is 0 Å². The summed E-state index contributed by atoms with van der Waals surface area (Å²) in [6, 6.07) is 78.5. The Balaban J connectivity index is 0.948. The van der Waals surface area contributed by atoms with Gasteiger partial charge in [0.25, 0.3) is 0 Å². The number of nitrogens with zero attached hydrogens (tertiary/aromatic N) is 6. The van der Waals surface area contributed by atoms with E-state index < -0.39 is 0 Å². The summed E-state index contributed by atoms with van der Waals surface area (Å²) in [7, 11) is 0. The normalized spacial score (nSPS) is 11.9. The summed E-state index contributed by atoms with van der Waals surface area (Å²) < 4.78 is 13.4. The number of nitriles is 1. The molecule has 0 amide bonds. The van der Waals surface area contributed by atoms with Crippen molar-refractivity contribution < 1.29 is 4.42 Å². The highest BCUT2D eigenvalue weighted by Gasteiger charge is 2.24. The molecule has 0 saturated carbocycles. The zero-order valence-corrected chi connectivity index (χ0v) is 39.1. The van der Waals surface area contributed by atoms with Gasteiger partial charge in [0.05, 0.1) is 33.3 Å². The Morgan fingerprint density at radius 1 is 0.403 bits per heavy atom. The summed E-state index contributed by atoms with van der Waals surface area (Å²) in [6.45, 7) is 0. The van der Waals surface area contributed by atoms with Gasteiger partial charge in [0.1, 0.15) is 17.2 Å². The molecule has 0 aliphatic rings. The maximum Gasteiger partial charge on any atom is 0.164 e. The van der Waals surface area contributed by atoms with Crippen LogP contribution >= 0.6 is 11.3 Å². The van der Waals surface area contributed by atoms with Crippen LogP contribution in [0.4, 0.5) is 0 Å². The van der Waals surface area contributed by atoms with Crippen LogP contribution in [-0.2, 0) is 0 Å². The van der Waals surface area contributed by atoms with Crippen molar-refractivity contribution in [3.8, 4) is 62.7 Å². The van der Waals surface area contributed by atoms with Crippen molar-refractivity contribution in [3.63, 3.8) is 0 Å². The van der Waals surface area contributed by atoms with Gasteiger partial charge in [-0.3, -0.25) is 0 Å². The fraction of sp³-hybridized carbons (Fsp3) is 0. The van der Waals surface area contributed by atoms with E-state index in [2.05, 4.69) is 161 Å². The molecule has 0 bridgehead atoms. The maximum absolute atomic E-state index is 11.3. The minimum Gasteiger partial charge on any atom is -0.456 e. The SMILES string of the molecule is N#Cc1cc(-c2nc(-c3ccc4oc5ccccc5c4c3)nc(-c3ccccc3-c3ccccc3)n2)ccc1-n1c2ccccc2c2ccc3c(c4ccccc4n3-c3ccc4sc5ccccc5c4c3)c21. The van der Waals surface area contributed by atoms with Crippen LogP contribution in [0.3, 0.4) is 0 Å². The second-order valence-electron chi connectivity index (χ2n) is 18.2. The number of furan rings is 1. The third-order valence-electron chi connectivity index (χ3n) is 14.2. The van der Waals surface area contributed by atoms with Crippen LogP contribution in [0.25, 0.3) is 142 Å². The predicted octanol–water partition coefficient (Wildman–Crippen LogP) is 16.9. The van der Waals surface area contributed by atoms with Crippen LogP contribution in [0, 0.1) is 11.3 Å². The molecule has 0 radical (unpaired) electrons. The highest BCUT2D eigenvalue weighted by molar-refractivity contribution is 7.25. The summed E-state index contributed by atoms with van der Waals surface area (Å²) >= 11 is 1.83. The number of hydrogen-bond acceptors (Lipinski definition) is 6. The molecule has 5 aromatic heterocycles. The molecule has 10 aromatic carbocycles. The molecule has 0 spiro atoms. The van der Waals surface area contributed by atoms with E-state index in [1.165, 1.54) is 20.2 Å². The first-order chi connectivity index (χ1) is 35.6. The summed E-state index contributed by atoms with van der Waals surface area (Å²) in [5, 5.41) is 20.3. The van der Waals surface area contributed by atoms with Gasteiger partial charge in [-0.2, -0.15) is 5.26 Å². The molecular weight excluding hydrogens is 901 g/mol. The molecule has 0 fully saturated rings. The van der Waals surface area contributed by atoms with Crippen molar-refractivity contribution in [3.05, 3.63) is 224 Å². The van der Waals surface area contributed by atoms with E-state index in [9.17, 15) is 5.26 Å². The predicted molar refractivity (Wildman–Crippen MR) is 295 cm³/mol. The lowest BCUT2D eigenvalue weighted by molar-refractivity contribution is 0.669. The minimum atomic E-state index is 0.459. The van der Waals surface area contributed by atoms with Gasteiger partial charge in [-0.05, 0) is 96.1 Å². The van der Waals surface area contributed by atoms with Crippen molar-refractivity contribution in [2.24, 2.45) is 0 Å². The number of rotatable bonds is 6. The third-order valence-corrected chi connectivity index (χ3v) is 15.4. The zero-order chi connectivity index (χ0) is 47.4. The van der Waals surface area contributed by atoms with Crippen molar-refractivity contribution in [2.45, 2.75) is 0 Å². The minimum absolute atomic E-state index is 0.459. The van der Waals surface area contributed by atoms with Gasteiger partial charge in [0, 0.05) is 74.9 Å². The monoisotopic (exact) mass is 936 g/mol. The van der Waals surface area contributed by atoms with Gasteiger partial charge in [0.2, 0.25) is 0 Å². The first kappa shape index (κ1) is 40.2. The van der Waals surface area contributed by atoms with E-state index in [-0.39, 0.29) is 0 Å². The average Bonchev–Trinajstić information content (AvgIpc) is 4.20. The van der Waals surface area contributed by atoms with Crippen LogP contribution < -0.4 is 0 Å². The smallest absolute Gasteiger partial charge is 0.164 e. The molecule has 15 rings (SSSR count). The fourth-order valence-corrected chi connectivity index (χ4v) is 12.1. The molecule has 0 atom stereocenters. The zero-order valence-electron chi connectivity index (χ0n) is 38.3. The average molecular weight is 937 g/mol. The van der Waals surface area contributed by atoms with Gasteiger partial charge < -0.3 is 13.6 Å². The van der Waals surface area contributed by atoms with Crippen LogP contribution in [0.5, 0.6) is 0 Å². The van der Waals surface area contributed by atoms with Gasteiger partial charge >= 0.3 is 0 Å². The van der Waals surface area contributed by atoms with E-state index in [0.29, 0.717) is 28.6 Å². The van der Waals surface area contributed by atoms with E-state index in [0.717, 1.165) is 99.2 Å². The number of benzene rings is 10. The second-order valence-corrected chi connectivity index (χ2v) is 19.3. The highest BCUT2D eigenvalue weighted by atomic mass is 32.1. The summed E-state index contributed by atoms with van der Waals surface area (Å²) in [5.74, 6) is 1.50. The lowest BCUT2D eigenvalue weighted by atomic mass is 9.99. The fourth-order valence-electron chi connectivity index (χ4n) is 11.0. The molecule has 0 unspecified atom stereocenters. The Bertz CT molecular complexity index is 4780. The Morgan fingerprint density at radius 3 is 1.88 bits per heavy atom. The molecule has 0 N–H and O–H groups in total. The molecule has 0 aliphatic carbocycles. The lowest BCUT2D eigenvalue weighted by Gasteiger charge is -2.14. The van der Waals surface area contributed by atoms with Gasteiger partial charge in [-0.25, -0.2) is 15.0 Å². The number of thiophene rings is 1. The summed E-state index contributed by atoms with van der Waals surface area (Å²) in [4.78, 5) is 15.6. The van der Waals surface area contributed by atoms with Gasteiger partial charge in [-0.15, -0.1) is 11.3 Å². The Kier molecular flexibility index (Phi) is 8.76. The summed E-state index contributed by atoms with van der Waals surface area (Å²) in [6.07, 6.45) is 0. The first-order valence-electron chi connectivity index (χ1n) is 23.9. The third kappa shape index (κ3) is 6.05. The van der Waals surface area contributed by atoms with Crippen molar-refractivity contribution in [1.29, 1.82) is 5.26 Å². The number of hydrogen-bond donors (Lipinski definition) is 0. The molecule has 0 aliphatic heterocycles. The van der Waals surface area contributed by atoms with Crippen LogP contribution in [0.2, 0.25) is 0 Å². The first-order valence-corrected chi connectivity index (χ1v) is 24.7. The molecule has 7 nitrogen and oxygen atoms in total. The summed E-state index contributed by atoms with van der Waals surface area (Å²) in [5.41, 5.74) is 12.7. The van der Waals surface area contributed by atoms with Crippen molar-refractivity contribution in [2.75, 3.05) is 0 Å². The van der Waals surface area contributed by atoms with Gasteiger partial charge in [0.15, 0.2) is 17.5 Å². The largest absolute Gasteiger partial charge is 0.456 e. The highest BCUT2D eigenvalue weighted by Crippen LogP contribution is 2.44. The van der Waals surface area contributed by atoms with Crippen molar-refractivity contribution in [1.82, 2.24) is 24.1 Å². The lowest BCUT2D eigenvalue weighted by Crippen LogP contribution is -2.03. The molecule has 72 heavy (non-hydrogen) atoms. The van der Waals surface area contributed by atoms with Crippen LogP contribution in [0.1, 0.15) is 5.56 Å². The Labute approximate surface area is 415 Å². The van der Waals surface area contributed by atoms with Crippen LogP contribution in [-0.4, -0.2) is 24.1 Å². The quantitative estimate of drug-likeness (QED) is 0.166. The number of para-hydroxylation sites is 3. The molecule has 0 saturated heterocycles. The van der Waals surface area contributed by atoms with E-state index in [1.807, 2.05) is 84.1 Å². The topological polar surface area (TPSA) is 85.5 Å². The second kappa shape index (κ2) is 15.7. The van der Waals surface area contributed by atoms with E-state index >= 15 is 0 Å². The van der Waals surface area contributed by atoms with Crippen LogP contribution in [0.15, 0.2) is 223 Å². The molecule has 15 aromatic rings. The Morgan fingerprint density at radius 2 is 1.04 bits per heavy atom. The number of aromatic nitrogens is 5. The van der Waals surface area contributed by atoms with Gasteiger partial charge in [-0.1, -0.05) is 133 Å². The van der Waals surface area contributed by atoms with Crippen molar-refractivity contribution >= 4 is 97.1 Å². The Hall–Kier alpha value is -9.68. The molecule has 334 valence electrons. The maximum atomic E-state index is 11.3. The molecular formula is C64H36N6OS. The number of fused-ring (bicyclic) bond motifs is 13. The molecule has 8 heteroatoms. The standard InChI is InChI=1S/C64H36N6OS/c65-37-41-34-39(62-66-63(40-27-32-57-50(35-40)45-18-8-12-24-56(45)71-57)68-64(67-62)48-20-5-4-16-43(48)38-14-2-1-3-15-38)26-30-52(41)70-53-22-10-6-17-44(53)47-29-31-55-60(61(47)70)49-21-7-11-23-54(49)69(55)42-28-33-59-51(36-42)46-19-9-13-25-58(46)72-59/h1-36H. The molecule has 5 heterocycles. The van der Waals surface area contributed by atoms with E-state index in [4.69, 9.17) is 19.4 Å².